The smallest absolute Gasteiger partial charge is 0.307 e. The highest BCUT2D eigenvalue weighted by atomic mass is 16.7. The van der Waals surface area contributed by atoms with Crippen LogP contribution in [0.3, 0.4) is 0 Å². The lowest BCUT2D eigenvalue weighted by Crippen LogP contribution is -2.40. The van der Waals surface area contributed by atoms with Crippen molar-refractivity contribution in [1.82, 2.24) is 4.90 Å². The van der Waals surface area contributed by atoms with Gasteiger partial charge in [-0.1, -0.05) is 117 Å². The van der Waals surface area contributed by atoms with Gasteiger partial charge in [0.2, 0.25) is 0 Å². The summed E-state index contributed by atoms with van der Waals surface area (Å²) in [5.41, 5.74) is 0. The Bertz CT molecular complexity index is 590. The van der Waals surface area contributed by atoms with Crippen LogP contribution in [0.2, 0.25) is 0 Å². The van der Waals surface area contributed by atoms with E-state index in [2.05, 4.69) is 20.8 Å². The average molecular weight is 586 g/mol. The third-order valence-corrected chi connectivity index (χ3v) is 7.84. The van der Waals surface area contributed by atoms with Crippen LogP contribution in [-0.2, 0) is 28.5 Å². The van der Waals surface area contributed by atoms with Crippen molar-refractivity contribution in [2.24, 2.45) is 0 Å². The third kappa shape index (κ3) is 20.0. The van der Waals surface area contributed by atoms with Crippen LogP contribution >= 0.6 is 0 Å². The van der Waals surface area contributed by atoms with Crippen LogP contribution in [0.4, 0.5) is 0 Å². The topological polar surface area (TPSA) is 66.5 Å². The van der Waals surface area contributed by atoms with E-state index in [1.165, 1.54) is 96.3 Å². The van der Waals surface area contributed by atoms with Crippen molar-refractivity contribution in [3.05, 3.63) is 0 Å². The minimum Gasteiger partial charge on any atom is -0.463 e. The molecular weight excluding hydrogens is 518 g/mol. The molecule has 1 saturated heterocycles. The standard InChI is InChI=1S/C34H67NO6/c1-6-9-12-15-18-21-26-37-32-30(29-40-31(36)24-25-35(4)5)41-34(39-28-23-20-17-14-11-8-3)33(32)38-27-22-19-16-13-10-7-2/h30,32-34H,6-29H2,1-5H3. The van der Waals surface area contributed by atoms with E-state index in [1.54, 1.807) is 0 Å². The normalized spacial score (nSPS) is 20.7. The van der Waals surface area contributed by atoms with Crippen molar-refractivity contribution in [3.63, 3.8) is 0 Å². The van der Waals surface area contributed by atoms with Crippen LogP contribution < -0.4 is 0 Å². The Labute approximate surface area is 253 Å². The maximum Gasteiger partial charge on any atom is 0.307 e. The van der Waals surface area contributed by atoms with E-state index in [4.69, 9.17) is 23.7 Å². The maximum atomic E-state index is 12.4. The fraction of sp³-hybridized carbons (Fsp3) is 0.971. The fourth-order valence-electron chi connectivity index (χ4n) is 5.19. The zero-order valence-electron chi connectivity index (χ0n) is 27.7. The van der Waals surface area contributed by atoms with E-state index in [1.807, 2.05) is 19.0 Å². The predicted octanol–water partition coefficient (Wildman–Crippen LogP) is 8.07. The molecule has 244 valence electrons. The molecule has 1 heterocycles. The fourth-order valence-corrected chi connectivity index (χ4v) is 5.19. The molecular formula is C34H67NO6. The van der Waals surface area contributed by atoms with Gasteiger partial charge in [-0.15, -0.1) is 0 Å². The summed E-state index contributed by atoms with van der Waals surface area (Å²) in [6.07, 6.45) is 20.7. The molecule has 0 amide bonds. The average Bonchev–Trinajstić information content (AvgIpc) is 3.29. The van der Waals surface area contributed by atoms with E-state index >= 15 is 0 Å². The second-order valence-corrected chi connectivity index (χ2v) is 12.1. The van der Waals surface area contributed by atoms with Gasteiger partial charge in [-0.2, -0.15) is 0 Å². The van der Waals surface area contributed by atoms with Crippen LogP contribution in [0, 0.1) is 0 Å². The summed E-state index contributed by atoms with van der Waals surface area (Å²) in [7, 11) is 3.91. The number of hydrogen-bond donors (Lipinski definition) is 0. The summed E-state index contributed by atoms with van der Waals surface area (Å²) in [4.78, 5) is 14.4. The molecule has 0 aliphatic carbocycles. The molecule has 0 spiro atoms. The molecule has 0 aromatic carbocycles. The first kappa shape index (κ1) is 38.3. The van der Waals surface area contributed by atoms with E-state index in [0.29, 0.717) is 32.8 Å². The molecule has 0 aromatic rings. The summed E-state index contributed by atoms with van der Waals surface area (Å²) in [5, 5.41) is 0. The number of rotatable bonds is 29. The Morgan fingerprint density at radius 3 is 1.54 bits per heavy atom. The minimum absolute atomic E-state index is 0.168. The Balaban J connectivity index is 2.74. The Kier molecular flexibility index (Phi) is 25.1. The van der Waals surface area contributed by atoms with Gasteiger partial charge in [0.15, 0.2) is 6.29 Å². The molecule has 4 atom stereocenters. The summed E-state index contributed by atoms with van der Waals surface area (Å²) < 4.78 is 31.2. The number of nitrogens with zero attached hydrogens (tertiary/aromatic N) is 1. The van der Waals surface area contributed by atoms with Crippen molar-refractivity contribution in [3.8, 4) is 0 Å². The molecule has 7 heteroatoms. The highest BCUT2D eigenvalue weighted by Gasteiger charge is 2.47. The van der Waals surface area contributed by atoms with Crippen molar-refractivity contribution in [2.45, 2.75) is 167 Å². The number of carbonyl (C=O) groups is 1. The number of unbranched alkanes of at least 4 members (excludes halogenated alkanes) is 15. The van der Waals surface area contributed by atoms with Gasteiger partial charge in [0.25, 0.3) is 0 Å². The monoisotopic (exact) mass is 585 g/mol. The quantitative estimate of drug-likeness (QED) is 0.0649. The van der Waals surface area contributed by atoms with E-state index < -0.39 is 6.29 Å². The molecule has 0 N–H and O–H groups in total. The summed E-state index contributed by atoms with van der Waals surface area (Å²) >= 11 is 0. The van der Waals surface area contributed by atoms with Crippen LogP contribution in [0.25, 0.3) is 0 Å². The van der Waals surface area contributed by atoms with Crippen molar-refractivity contribution in [1.29, 1.82) is 0 Å². The first-order valence-corrected chi connectivity index (χ1v) is 17.3. The van der Waals surface area contributed by atoms with Gasteiger partial charge in [0, 0.05) is 26.4 Å². The third-order valence-electron chi connectivity index (χ3n) is 7.84. The van der Waals surface area contributed by atoms with Crippen LogP contribution in [-0.4, -0.2) is 82.5 Å². The molecule has 0 saturated carbocycles. The second kappa shape index (κ2) is 26.9. The molecule has 0 aromatic heterocycles. The van der Waals surface area contributed by atoms with E-state index in [0.717, 1.165) is 19.3 Å². The number of ether oxygens (including phenoxy) is 5. The van der Waals surface area contributed by atoms with Gasteiger partial charge in [0.1, 0.15) is 24.9 Å². The molecule has 1 fully saturated rings. The van der Waals surface area contributed by atoms with Crippen molar-refractivity contribution >= 4 is 5.97 Å². The van der Waals surface area contributed by atoms with Gasteiger partial charge in [0.05, 0.1) is 6.42 Å². The number of carbonyl (C=O) groups excluding carboxylic acids is 1. The van der Waals surface area contributed by atoms with Gasteiger partial charge in [-0.3, -0.25) is 4.79 Å². The Hall–Kier alpha value is -0.730. The highest BCUT2D eigenvalue weighted by Crippen LogP contribution is 2.29. The molecule has 1 aliphatic heterocycles. The van der Waals surface area contributed by atoms with Gasteiger partial charge in [-0.25, -0.2) is 0 Å². The summed E-state index contributed by atoms with van der Waals surface area (Å²) in [5.74, 6) is -0.210. The Morgan fingerprint density at radius 1 is 0.610 bits per heavy atom. The first-order valence-electron chi connectivity index (χ1n) is 17.3. The number of hydrogen-bond acceptors (Lipinski definition) is 7. The summed E-state index contributed by atoms with van der Waals surface area (Å²) in [6, 6.07) is 0. The van der Waals surface area contributed by atoms with Crippen molar-refractivity contribution < 1.29 is 28.5 Å². The van der Waals surface area contributed by atoms with Crippen LogP contribution in [0.5, 0.6) is 0 Å². The summed E-state index contributed by atoms with van der Waals surface area (Å²) in [6.45, 7) is 9.54. The zero-order chi connectivity index (χ0) is 30.0. The highest BCUT2D eigenvalue weighted by molar-refractivity contribution is 5.69. The van der Waals surface area contributed by atoms with E-state index in [9.17, 15) is 4.79 Å². The van der Waals surface area contributed by atoms with Gasteiger partial charge < -0.3 is 28.6 Å². The molecule has 0 bridgehead atoms. The largest absolute Gasteiger partial charge is 0.463 e. The molecule has 7 nitrogen and oxygen atoms in total. The van der Waals surface area contributed by atoms with Crippen molar-refractivity contribution in [2.75, 3.05) is 47.1 Å². The maximum absolute atomic E-state index is 12.4. The van der Waals surface area contributed by atoms with E-state index in [-0.39, 0.29) is 30.9 Å². The molecule has 0 radical (unpaired) electrons. The van der Waals surface area contributed by atoms with Gasteiger partial charge >= 0.3 is 5.97 Å². The molecule has 4 unspecified atom stereocenters. The molecule has 1 rings (SSSR count). The number of esters is 1. The second-order valence-electron chi connectivity index (χ2n) is 12.1. The Morgan fingerprint density at radius 2 is 1.05 bits per heavy atom. The lowest BCUT2D eigenvalue weighted by Gasteiger charge is -2.25. The predicted molar refractivity (Wildman–Crippen MR) is 168 cm³/mol. The lowest BCUT2D eigenvalue weighted by atomic mass is 10.1. The van der Waals surface area contributed by atoms with Crippen LogP contribution in [0.15, 0.2) is 0 Å². The van der Waals surface area contributed by atoms with Gasteiger partial charge in [-0.05, 0) is 33.4 Å². The molecule has 1 aliphatic rings. The first-order chi connectivity index (χ1) is 20.0. The molecule has 41 heavy (non-hydrogen) atoms. The van der Waals surface area contributed by atoms with Crippen LogP contribution in [0.1, 0.15) is 143 Å². The minimum atomic E-state index is -0.495. The SMILES string of the molecule is CCCCCCCCOC1OC(COC(=O)CCN(C)C)C(OCCCCCCCC)C1OCCCCCCCC. The lowest BCUT2D eigenvalue weighted by molar-refractivity contribution is -0.184. The zero-order valence-corrected chi connectivity index (χ0v) is 27.7.